The molecule has 0 fully saturated rings. The van der Waals surface area contributed by atoms with Gasteiger partial charge >= 0.3 is 0 Å². The average molecular weight is 297 g/mol. The molecule has 4 nitrogen and oxygen atoms in total. The molecule has 2 amide bonds. The van der Waals surface area contributed by atoms with E-state index in [4.69, 9.17) is 11.6 Å². The minimum atomic E-state index is -0.510. The Kier molecular flexibility index (Phi) is 6.52. The maximum Gasteiger partial charge on any atom is 0.242 e. The first-order valence-corrected chi connectivity index (χ1v) is 7.14. The predicted octanol–water partition coefficient (Wildman–Crippen LogP) is 2.22. The summed E-state index contributed by atoms with van der Waals surface area (Å²) in [5.74, 6) is -0.306. The second-order valence-electron chi connectivity index (χ2n) is 4.77. The van der Waals surface area contributed by atoms with Crippen LogP contribution in [0.1, 0.15) is 31.4 Å². The number of halogens is 1. The van der Waals surface area contributed by atoms with Crippen LogP contribution in [-0.2, 0) is 16.0 Å². The molecule has 0 aromatic heterocycles. The number of rotatable bonds is 6. The van der Waals surface area contributed by atoms with Crippen molar-refractivity contribution in [1.29, 1.82) is 0 Å². The first-order valence-electron chi connectivity index (χ1n) is 6.76. The van der Waals surface area contributed by atoms with E-state index in [1.807, 2.05) is 32.0 Å². The van der Waals surface area contributed by atoms with Crippen LogP contribution < -0.4 is 10.6 Å². The van der Waals surface area contributed by atoms with Gasteiger partial charge in [0.05, 0.1) is 0 Å². The molecule has 0 radical (unpaired) electrons. The molecule has 1 atom stereocenters. The lowest BCUT2D eigenvalue weighted by atomic mass is 10.1. The molecule has 0 aliphatic rings. The number of hydrogen-bond donors (Lipinski definition) is 2. The fourth-order valence-electron chi connectivity index (χ4n) is 1.76. The van der Waals surface area contributed by atoms with Crippen molar-refractivity contribution < 1.29 is 9.59 Å². The van der Waals surface area contributed by atoms with E-state index >= 15 is 0 Å². The van der Waals surface area contributed by atoms with E-state index in [-0.39, 0.29) is 11.8 Å². The van der Waals surface area contributed by atoms with Crippen molar-refractivity contribution in [3.8, 4) is 0 Å². The number of likely N-dealkylation sites (N-methyl/N-ethyl adjacent to an activating group) is 1. The van der Waals surface area contributed by atoms with Crippen LogP contribution in [0.15, 0.2) is 18.2 Å². The minimum Gasteiger partial charge on any atom is -0.355 e. The highest BCUT2D eigenvalue weighted by molar-refractivity contribution is 6.31. The molecule has 1 rings (SSSR count). The minimum absolute atomic E-state index is 0.138. The largest absolute Gasteiger partial charge is 0.355 e. The van der Waals surface area contributed by atoms with Gasteiger partial charge in [0.15, 0.2) is 0 Å². The molecule has 0 saturated carbocycles. The number of aryl methyl sites for hydroxylation is 2. The van der Waals surface area contributed by atoms with Gasteiger partial charge in [-0.1, -0.05) is 23.7 Å². The van der Waals surface area contributed by atoms with Crippen LogP contribution in [0.25, 0.3) is 0 Å². The van der Waals surface area contributed by atoms with Gasteiger partial charge in [-0.05, 0) is 44.4 Å². The Morgan fingerprint density at radius 3 is 2.65 bits per heavy atom. The van der Waals surface area contributed by atoms with Gasteiger partial charge in [0.1, 0.15) is 6.04 Å². The molecule has 0 aliphatic carbocycles. The summed E-state index contributed by atoms with van der Waals surface area (Å²) in [6, 6.07) is 5.26. The van der Waals surface area contributed by atoms with Crippen LogP contribution in [0.4, 0.5) is 0 Å². The van der Waals surface area contributed by atoms with E-state index in [0.717, 1.165) is 11.1 Å². The second kappa shape index (κ2) is 7.90. The van der Waals surface area contributed by atoms with Gasteiger partial charge in [-0.2, -0.15) is 0 Å². The summed E-state index contributed by atoms with van der Waals surface area (Å²) in [7, 11) is 0. The van der Waals surface area contributed by atoms with Crippen molar-refractivity contribution in [2.75, 3.05) is 6.54 Å². The average Bonchev–Trinajstić information content (AvgIpc) is 2.40. The summed E-state index contributed by atoms with van der Waals surface area (Å²) in [6.07, 6.45) is 0.942. The molecule has 0 spiro atoms. The van der Waals surface area contributed by atoms with Crippen LogP contribution >= 0.6 is 11.6 Å². The van der Waals surface area contributed by atoms with Crippen molar-refractivity contribution in [3.63, 3.8) is 0 Å². The third-order valence-corrected chi connectivity index (χ3v) is 3.41. The van der Waals surface area contributed by atoms with E-state index in [2.05, 4.69) is 10.6 Å². The summed E-state index contributed by atoms with van der Waals surface area (Å²) in [5.41, 5.74) is 2.03. The van der Waals surface area contributed by atoms with Crippen LogP contribution in [-0.4, -0.2) is 24.4 Å². The molecule has 0 bridgehead atoms. The highest BCUT2D eigenvalue weighted by atomic mass is 35.5. The van der Waals surface area contributed by atoms with E-state index in [9.17, 15) is 9.59 Å². The third kappa shape index (κ3) is 5.21. The standard InChI is InChI=1S/C15H21ClN2O2/c1-4-17-15(20)11(3)18-14(19)8-7-12-6-5-10(2)13(16)9-12/h5-6,9,11H,4,7-8H2,1-3H3,(H,17,20)(H,18,19). The van der Waals surface area contributed by atoms with Gasteiger partial charge in [-0.15, -0.1) is 0 Å². The van der Waals surface area contributed by atoms with Crippen molar-refractivity contribution in [3.05, 3.63) is 34.3 Å². The fraction of sp³-hybridized carbons (Fsp3) is 0.467. The Hall–Kier alpha value is -1.55. The third-order valence-electron chi connectivity index (χ3n) is 3.00. The Morgan fingerprint density at radius 2 is 2.05 bits per heavy atom. The molecule has 110 valence electrons. The topological polar surface area (TPSA) is 58.2 Å². The summed E-state index contributed by atoms with van der Waals surface area (Å²) in [4.78, 5) is 23.3. The monoisotopic (exact) mass is 296 g/mol. The first kappa shape index (κ1) is 16.5. The number of nitrogens with one attached hydrogen (secondary N) is 2. The molecule has 1 unspecified atom stereocenters. The Labute approximate surface area is 124 Å². The normalized spacial score (nSPS) is 11.8. The Morgan fingerprint density at radius 1 is 1.35 bits per heavy atom. The molecule has 2 N–H and O–H groups in total. The number of hydrogen-bond acceptors (Lipinski definition) is 2. The van der Waals surface area contributed by atoms with Crippen LogP contribution in [0.3, 0.4) is 0 Å². The Bertz CT molecular complexity index is 489. The molecular formula is C15H21ClN2O2. The predicted molar refractivity (Wildman–Crippen MR) is 80.8 cm³/mol. The molecule has 0 heterocycles. The number of benzene rings is 1. The zero-order valence-corrected chi connectivity index (χ0v) is 12.9. The van der Waals surface area contributed by atoms with Gasteiger partial charge < -0.3 is 10.6 Å². The SMILES string of the molecule is CCNC(=O)C(C)NC(=O)CCc1ccc(C)c(Cl)c1. The number of carbonyl (C=O) groups is 2. The molecule has 0 saturated heterocycles. The quantitative estimate of drug-likeness (QED) is 0.846. The van der Waals surface area contributed by atoms with E-state index in [0.29, 0.717) is 24.4 Å². The number of amides is 2. The molecule has 1 aromatic carbocycles. The van der Waals surface area contributed by atoms with Crippen LogP contribution in [0, 0.1) is 6.92 Å². The van der Waals surface area contributed by atoms with Crippen molar-refractivity contribution >= 4 is 23.4 Å². The highest BCUT2D eigenvalue weighted by Crippen LogP contribution is 2.17. The molecule has 5 heteroatoms. The van der Waals surface area contributed by atoms with Crippen molar-refractivity contribution in [2.24, 2.45) is 0 Å². The van der Waals surface area contributed by atoms with Gasteiger partial charge in [0, 0.05) is 18.0 Å². The van der Waals surface area contributed by atoms with Crippen molar-refractivity contribution in [2.45, 2.75) is 39.7 Å². The maximum absolute atomic E-state index is 11.8. The van der Waals surface area contributed by atoms with Gasteiger partial charge in [0.2, 0.25) is 11.8 Å². The van der Waals surface area contributed by atoms with Gasteiger partial charge in [0.25, 0.3) is 0 Å². The van der Waals surface area contributed by atoms with E-state index in [1.165, 1.54) is 0 Å². The highest BCUT2D eigenvalue weighted by Gasteiger charge is 2.14. The second-order valence-corrected chi connectivity index (χ2v) is 5.17. The van der Waals surface area contributed by atoms with Crippen LogP contribution in [0.2, 0.25) is 5.02 Å². The molecule has 1 aromatic rings. The lowest BCUT2D eigenvalue weighted by Gasteiger charge is -2.13. The lowest BCUT2D eigenvalue weighted by Crippen LogP contribution is -2.44. The molecule has 0 aliphatic heterocycles. The lowest BCUT2D eigenvalue weighted by molar-refractivity contribution is -0.128. The smallest absolute Gasteiger partial charge is 0.242 e. The maximum atomic E-state index is 11.8. The zero-order valence-electron chi connectivity index (χ0n) is 12.1. The van der Waals surface area contributed by atoms with Gasteiger partial charge in [-0.3, -0.25) is 9.59 Å². The molecular weight excluding hydrogens is 276 g/mol. The van der Waals surface area contributed by atoms with Crippen molar-refractivity contribution in [1.82, 2.24) is 10.6 Å². The fourth-order valence-corrected chi connectivity index (χ4v) is 1.96. The first-order chi connectivity index (χ1) is 9.43. The summed E-state index contributed by atoms with van der Waals surface area (Å²) >= 11 is 6.04. The van der Waals surface area contributed by atoms with E-state index < -0.39 is 6.04 Å². The summed E-state index contributed by atoms with van der Waals surface area (Å²) in [5, 5.41) is 6.05. The Balaban J connectivity index is 2.43. The summed E-state index contributed by atoms with van der Waals surface area (Å²) in [6.45, 7) is 6.01. The summed E-state index contributed by atoms with van der Waals surface area (Å²) < 4.78 is 0. The molecule has 20 heavy (non-hydrogen) atoms. The number of carbonyl (C=O) groups excluding carboxylic acids is 2. The van der Waals surface area contributed by atoms with E-state index in [1.54, 1.807) is 6.92 Å². The van der Waals surface area contributed by atoms with Crippen LogP contribution in [0.5, 0.6) is 0 Å². The van der Waals surface area contributed by atoms with Gasteiger partial charge in [-0.25, -0.2) is 0 Å². The zero-order chi connectivity index (χ0) is 15.1.